The van der Waals surface area contributed by atoms with Crippen molar-refractivity contribution in [3.05, 3.63) is 28.2 Å². The number of carbonyl (C=O) groups excluding carboxylic acids is 1. The van der Waals surface area contributed by atoms with Gasteiger partial charge in [-0.15, -0.1) is 0 Å². The zero-order valence-electron chi connectivity index (χ0n) is 9.87. The Morgan fingerprint density at radius 1 is 1.59 bits per heavy atom. The minimum absolute atomic E-state index is 0.0345. The first-order valence-electron chi connectivity index (χ1n) is 5.97. The quantitative estimate of drug-likeness (QED) is 0.840. The van der Waals surface area contributed by atoms with Crippen molar-refractivity contribution in [3.63, 3.8) is 0 Å². The molecule has 3 nitrogen and oxygen atoms in total. The standard InChI is InChI=1S/C13H17BrN2O/c1-2-3-8-6-12(8)16-13(17)10-7-9(15)4-5-11(10)14/h4-5,7-8,12H,2-3,6,15H2,1H3,(H,16,17). The molecule has 0 bridgehead atoms. The highest BCUT2D eigenvalue weighted by Crippen LogP contribution is 2.35. The van der Waals surface area contributed by atoms with E-state index in [4.69, 9.17) is 5.73 Å². The number of anilines is 1. The number of halogens is 1. The zero-order chi connectivity index (χ0) is 12.4. The van der Waals surface area contributed by atoms with Gasteiger partial charge >= 0.3 is 0 Å². The van der Waals surface area contributed by atoms with E-state index in [1.54, 1.807) is 18.2 Å². The van der Waals surface area contributed by atoms with Crippen LogP contribution in [-0.2, 0) is 0 Å². The van der Waals surface area contributed by atoms with E-state index in [2.05, 4.69) is 28.2 Å². The van der Waals surface area contributed by atoms with Gasteiger partial charge in [-0.3, -0.25) is 4.79 Å². The Bertz CT molecular complexity index is 433. The van der Waals surface area contributed by atoms with E-state index in [9.17, 15) is 4.79 Å². The summed E-state index contributed by atoms with van der Waals surface area (Å²) in [5, 5.41) is 3.05. The van der Waals surface area contributed by atoms with Crippen molar-refractivity contribution in [2.24, 2.45) is 5.92 Å². The van der Waals surface area contributed by atoms with Crippen LogP contribution in [0.15, 0.2) is 22.7 Å². The third-order valence-electron chi connectivity index (χ3n) is 3.13. The van der Waals surface area contributed by atoms with Crippen LogP contribution in [0.2, 0.25) is 0 Å². The van der Waals surface area contributed by atoms with E-state index in [1.807, 2.05) is 0 Å². The Hall–Kier alpha value is -1.03. The predicted molar refractivity (Wildman–Crippen MR) is 72.8 cm³/mol. The van der Waals surface area contributed by atoms with Crippen molar-refractivity contribution < 1.29 is 4.79 Å². The number of hydrogen-bond acceptors (Lipinski definition) is 2. The van der Waals surface area contributed by atoms with Gasteiger partial charge in [0.25, 0.3) is 5.91 Å². The monoisotopic (exact) mass is 296 g/mol. The SMILES string of the molecule is CCCC1CC1NC(=O)c1cc(N)ccc1Br. The Balaban J connectivity index is 1.98. The molecule has 1 aromatic rings. The molecule has 0 aromatic heterocycles. The summed E-state index contributed by atoms with van der Waals surface area (Å²) in [6.45, 7) is 2.17. The third kappa shape index (κ3) is 3.00. The van der Waals surface area contributed by atoms with Gasteiger partial charge in [0.2, 0.25) is 0 Å². The molecule has 1 aliphatic carbocycles. The number of nitrogen functional groups attached to an aromatic ring is 1. The second kappa shape index (κ2) is 5.08. The first kappa shape index (κ1) is 12.4. The van der Waals surface area contributed by atoms with Crippen LogP contribution in [0, 0.1) is 5.92 Å². The average Bonchev–Trinajstić information content (AvgIpc) is 3.00. The fraction of sp³-hybridized carbons (Fsp3) is 0.462. The van der Waals surface area contributed by atoms with E-state index < -0.39 is 0 Å². The van der Waals surface area contributed by atoms with Crippen molar-refractivity contribution >= 4 is 27.5 Å². The molecule has 2 atom stereocenters. The lowest BCUT2D eigenvalue weighted by Crippen LogP contribution is -2.27. The second-order valence-electron chi connectivity index (χ2n) is 4.60. The first-order chi connectivity index (χ1) is 8.11. The molecule has 1 saturated carbocycles. The highest BCUT2D eigenvalue weighted by Gasteiger charge is 2.37. The molecular formula is C13H17BrN2O. The number of nitrogens with one attached hydrogen (secondary N) is 1. The number of amides is 1. The van der Waals surface area contributed by atoms with Gasteiger partial charge in [-0.25, -0.2) is 0 Å². The zero-order valence-corrected chi connectivity index (χ0v) is 11.5. The minimum atomic E-state index is -0.0345. The number of carbonyl (C=O) groups is 1. The molecule has 1 fully saturated rings. The van der Waals surface area contributed by atoms with E-state index in [0.717, 1.165) is 10.9 Å². The smallest absolute Gasteiger partial charge is 0.252 e. The number of benzene rings is 1. The van der Waals surface area contributed by atoms with Gasteiger partial charge in [-0.2, -0.15) is 0 Å². The molecule has 0 spiro atoms. The van der Waals surface area contributed by atoms with Gasteiger partial charge < -0.3 is 11.1 Å². The second-order valence-corrected chi connectivity index (χ2v) is 5.46. The lowest BCUT2D eigenvalue weighted by Gasteiger charge is -2.07. The van der Waals surface area contributed by atoms with Gasteiger partial charge in [-0.1, -0.05) is 13.3 Å². The molecule has 0 heterocycles. The van der Waals surface area contributed by atoms with Crippen LogP contribution >= 0.6 is 15.9 Å². The summed E-state index contributed by atoms with van der Waals surface area (Å²) in [6.07, 6.45) is 3.49. The maximum atomic E-state index is 12.0. The van der Waals surface area contributed by atoms with Crippen molar-refractivity contribution in [3.8, 4) is 0 Å². The molecule has 92 valence electrons. The molecule has 17 heavy (non-hydrogen) atoms. The highest BCUT2D eigenvalue weighted by atomic mass is 79.9. The molecule has 0 radical (unpaired) electrons. The van der Waals surface area contributed by atoms with Gasteiger partial charge in [0.15, 0.2) is 0 Å². The van der Waals surface area contributed by atoms with Crippen molar-refractivity contribution in [1.29, 1.82) is 0 Å². The topological polar surface area (TPSA) is 55.1 Å². The van der Waals surface area contributed by atoms with Crippen LogP contribution in [0.3, 0.4) is 0 Å². The summed E-state index contributed by atoms with van der Waals surface area (Å²) in [5.74, 6) is 0.636. The molecule has 2 rings (SSSR count). The van der Waals surface area contributed by atoms with Crippen LogP contribution in [0.4, 0.5) is 5.69 Å². The average molecular weight is 297 g/mol. The van der Waals surface area contributed by atoms with E-state index in [0.29, 0.717) is 23.2 Å². The Morgan fingerprint density at radius 3 is 3.06 bits per heavy atom. The summed E-state index contributed by atoms with van der Waals surface area (Å²) >= 11 is 3.37. The minimum Gasteiger partial charge on any atom is -0.399 e. The molecule has 2 unspecified atom stereocenters. The summed E-state index contributed by atoms with van der Waals surface area (Å²) in [7, 11) is 0. The van der Waals surface area contributed by atoms with Crippen LogP contribution in [0.25, 0.3) is 0 Å². The van der Waals surface area contributed by atoms with Gasteiger partial charge in [-0.05, 0) is 52.9 Å². The van der Waals surface area contributed by atoms with E-state index in [-0.39, 0.29) is 5.91 Å². The molecule has 0 aliphatic heterocycles. The van der Waals surface area contributed by atoms with Crippen LogP contribution < -0.4 is 11.1 Å². The lowest BCUT2D eigenvalue weighted by atomic mass is 10.2. The fourth-order valence-corrected chi connectivity index (χ4v) is 2.50. The van der Waals surface area contributed by atoms with Crippen LogP contribution in [-0.4, -0.2) is 11.9 Å². The molecule has 1 amide bonds. The van der Waals surface area contributed by atoms with Gasteiger partial charge in [0, 0.05) is 16.2 Å². The molecule has 4 heteroatoms. The molecule has 0 saturated heterocycles. The Morgan fingerprint density at radius 2 is 2.35 bits per heavy atom. The van der Waals surface area contributed by atoms with Crippen molar-refractivity contribution in [2.75, 3.05) is 5.73 Å². The normalized spacial score (nSPS) is 22.2. The summed E-state index contributed by atoms with van der Waals surface area (Å²) in [5.41, 5.74) is 6.91. The van der Waals surface area contributed by atoms with Gasteiger partial charge in [0.1, 0.15) is 0 Å². The highest BCUT2D eigenvalue weighted by molar-refractivity contribution is 9.10. The van der Waals surface area contributed by atoms with Crippen molar-refractivity contribution in [1.82, 2.24) is 5.32 Å². The molecular weight excluding hydrogens is 280 g/mol. The Kier molecular flexibility index (Phi) is 3.72. The maximum Gasteiger partial charge on any atom is 0.252 e. The summed E-state index contributed by atoms with van der Waals surface area (Å²) < 4.78 is 0.789. The summed E-state index contributed by atoms with van der Waals surface area (Å²) in [4.78, 5) is 12.0. The molecule has 1 aromatic carbocycles. The van der Waals surface area contributed by atoms with E-state index in [1.165, 1.54) is 12.8 Å². The van der Waals surface area contributed by atoms with Gasteiger partial charge in [0.05, 0.1) is 5.56 Å². The first-order valence-corrected chi connectivity index (χ1v) is 6.77. The van der Waals surface area contributed by atoms with Crippen LogP contribution in [0.5, 0.6) is 0 Å². The third-order valence-corrected chi connectivity index (χ3v) is 3.83. The maximum absolute atomic E-state index is 12.0. The predicted octanol–water partition coefficient (Wildman–Crippen LogP) is 2.95. The molecule has 1 aliphatic rings. The Labute approximate surface area is 110 Å². The number of rotatable bonds is 4. The number of hydrogen-bond donors (Lipinski definition) is 2. The number of nitrogens with two attached hydrogens (primary N) is 1. The largest absolute Gasteiger partial charge is 0.399 e. The molecule has 3 N–H and O–H groups in total. The fourth-order valence-electron chi connectivity index (χ4n) is 2.08. The van der Waals surface area contributed by atoms with Crippen LogP contribution in [0.1, 0.15) is 36.5 Å². The lowest BCUT2D eigenvalue weighted by molar-refractivity contribution is 0.0948. The van der Waals surface area contributed by atoms with E-state index >= 15 is 0 Å². The van der Waals surface area contributed by atoms with Crippen molar-refractivity contribution in [2.45, 2.75) is 32.2 Å². The summed E-state index contributed by atoms with van der Waals surface area (Å²) in [6, 6.07) is 5.64.